The number of aromatic nitrogens is 2. The van der Waals surface area contributed by atoms with Crippen molar-refractivity contribution in [2.24, 2.45) is 17.1 Å². The van der Waals surface area contributed by atoms with Crippen LogP contribution in [0.5, 0.6) is 0 Å². The highest BCUT2D eigenvalue weighted by atomic mass is 16.2. The first-order valence-electron chi connectivity index (χ1n) is 7.29. The van der Waals surface area contributed by atoms with Crippen molar-refractivity contribution in [1.82, 2.24) is 9.97 Å². The summed E-state index contributed by atoms with van der Waals surface area (Å²) < 4.78 is 0. The standard InChI is InChI=1S/C15H24N4O/c1-10-4-6-15(9-16,7-5-10)13(20)19-14-17-11(2)8-12(3)18-14/h8,10H,4-7,9,16H2,1-3H3,(H,17,18,19,20). The fraction of sp³-hybridized carbons (Fsp3) is 0.667. The summed E-state index contributed by atoms with van der Waals surface area (Å²) in [5.74, 6) is 1.04. The summed E-state index contributed by atoms with van der Waals surface area (Å²) in [5, 5.41) is 2.86. The molecule has 0 radical (unpaired) electrons. The van der Waals surface area contributed by atoms with Gasteiger partial charge in [-0.2, -0.15) is 0 Å². The van der Waals surface area contributed by atoms with Crippen LogP contribution in [0, 0.1) is 25.2 Å². The van der Waals surface area contributed by atoms with E-state index in [4.69, 9.17) is 5.73 Å². The molecule has 1 aromatic heterocycles. The van der Waals surface area contributed by atoms with Gasteiger partial charge in [0.15, 0.2) is 0 Å². The van der Waals surface area contributed by atoms with E-state index in [0.29, 0.717) is 18.4 Å². The van der Waals surface area contributed by atoms with E-state index in [2.05, 4.69) is 22.2 Å². The molecule has 1 fully saturated rings. The summed E-state index contributed by atoms with van der Waals surface area (Å²) in [5.41, 5.74) is 7.15. The second-order valence-electron chi connectivity index (χ2n) is 6.10. The monoisotopic (exact) mass is 276 g/mol. The minimum Gasteiger partial charge on any atom is -0.329 e. The van der Waals surface area contributed by atoms with Crippen LogP contribution in [0.2, 0.25) is 0 Å². The van der Waals surface area contributed by atoms with Gasteiger partial charge in [-0.15, -0.1) is 0 Å². The summed E-state index contributed by atoms with van der Waals surface area (Å²) in [7, 11) is 0. The van der Waals surface area contributed by atoms with E-state index in [1.54, 1.807) is 0 Å². The van der Waals surface area contributed by atoms with Crippen molar-refractivity contribution in [2.75, 3.05) is 11.9 Å². The maximum absolute atomic E-state index is 12.6. The number of carbonyl (C=O) groups excluding carboxylic acids is 1. The average Bonchev–Trinajstić information content (AvgIpc) is 2.38. The molecule has 20 heavy (non-hydrogen) atoms. The summed E-state index contributed by atoms with van der Waals surface area (Å²) >= 11 is 0. The molecule has 1 aliphatic rings. The normalized spacial score (nSPS) is 26.3. The molecular formula is C15H24N4O. The number of hydrogen-bond donors (Lipinski definition) is 2. The quantitative estimate of drug-likeness (QED) is 0.886. The van der Waals surface area contributed by atoms with Crippen LogP contribution < -0.4 is 11.1 Å². The Bertz CT molecular complexity index is 472. The Balaban J connectivity index is 2.13. The molecule has 0 atom stereocenters. The lowest BCUT2D eigenvalue weighted by Crippen LogP contribution is -2.45. The Morgan fingerprint density at radius 1 is 1.35 bits per heavy atom. The van der Waals surface area contributed by atoms with Gasteiger partial charge in [0, 0.05) is 17.9 Å². The van der Waals surface area contributed by atoms with Gasteiger partial charge in [0.25, 0.3) is 0 Å². The Kier molecular flexibility index (Phi) is 4.38. The predicted molar refractivity (Wildman–Crippen MR) is 79.3 cm³/mol. The lowest BCUT2D eigenvalue weighted by molar-refractivity contribution is -0.127. The topological polar surface area (TPSA) is 80.9 Å². The van der Waals surface area contributed by atoms with Crippen molar-refractivity contribution in [3.05, 3.63) is 17.5 Å². The molecule has 5 heteroatoms. The van der Waals surface area contributed by atoms with Gasteiger partial charge in [0.05, 0.1) is 5.41 Å². The van der Waals surface area contributed by atoms with E-state index in [1.807, 2.05) is 19.9 Å². The molecule has 1 aliphatic carbocycles. The van der Waals surface area contributed by atoms with E-state index >= 15 is 0 Å². The second kappa shape index (κ2) is 5.87. The van der Waals surface area contributed by atoms with Crippen LogP contribution in [0.25, 0.3) is 0 Å². The first kappa shape index (κ1) is 14.9. The van der Waals surface area contributed by atoms with Gasteiger partial charge in [-0.25, -0.2) is 9.97 Å². The zero-order chi connectivity index (χ0) is 14.8. The number of nitrogens with two attached hydrogens (primary N) is 1. The minimum atomic E-state index is -0.451. The largest absolute Gasteiger partial charge is 0.329 e. The Labute approximate surface area is 120 Å². The van der Waals surface area contributed by atoms with E-state index in [9.17, 15) is 4.79 Å². The lowest BCUT2D eigenvalue weighted by Gasteiger charge is -2.36. The van der Waals surface area contributed by atoms with E-state index in [-0.39, 0.29) is 5.91 Å². The van der Waals surface area contributed by atoms with E-state index < -0.39 is 5.41 Å². The number of rotatable bonds is 3. The number of anilines is 1. The van der Waals surface area contributed by atoms with Crippen molar-refractivity contribution in [2.45, 2.75) is 46.5 Å². The molecule has 0 saturated heterocycles. The highest BCUT2D eigenvalue weighted by Crippen LogP contribution is 2.38. The molecule has 0 aliphatic heterocycles. The van der Waals surface area contributed by atoms with E-state index in [1.165, 1.54) is 0 Å². The third-order valence-electron chi connectivity index (χ3n) is 4.31. The van der Waals surface area contributed by atoms with Gasteiger partial charge in [-0.1, -0.05) is 6.92 Å². The summed E-state index contributed by atoms with van der Waals surface area (Å²) in [6, 6.07) is 1.89. The molecule has 0 aromatic carbocycles. The van der Waals surface area contributed by atoms with Crippen LogP contribution in [-0.4, -0.2) is 22.4 Å². The molecule has 110 valence electrons. The van der Waals surface area contributed by atoms with Crippen molar-refractivity contribution in [3.8, 4) is 0 Å². The van der Waals surface area contributed by atoms with Gasteiger partial charge < -0.3 is 5.73 Å². The number of hydrogen-bond acceptors (Lipinski definition) is 4. The molecular weight excluding hydrogens is 252 g/mol. The van der Waals surface area contributed by atoms with Gasteiger partial charge in [-0.05, 0) is 51.5 Å². The molecule has 5 nitrogen and oxygen atoms in total. The highest BCUT2D eigenvalue weighted by Gasteiger charge is 2.40. The van der Waals surface area contributed by atoms with Crippen LogP contribution in [-0.2, 0) is 4.79 Å². The summed E-state index contributed by atoms with van der Waals surface area (Å²) in [6.45, 7) is 6.40. The van der Waals surface area contributed by atoms with Crippen LogP contribution in [0.4, 0.5) is 5.95 Å². The Hall–Kier alpha value is -1.49. The van der Waals surface area contributed by atoms with Crippen molar-refractivity contribution < 1.29 is 4.79 Å². The molecule has 2 rings (SSSR count). The molecule has 0 unspecified atom stereocenters. The molecule has 1 aromatic rings. The lowest BCUT2D eigenvalue weighted by atomic mass is 9.70. The van der Waals surface area contributed by atoms with Crippen molar-refractivity contribution in [1.29, 1.82) is 0 Å². The predicted octanol–water partition coefficient (Wildman–Crippen LogP) is 2.19. The van der Waals surface area contributed by atoms with Crippen LogP contribution in [0.3, 0.4) is 0 Å². The minimum absolute atomic E-state index is 0.0306. The van der Waals surface area contributed by atoms with Crippen molar-refractivity contribution >= 4 is 11.9 Å². The van der Waals surface area contributed by atoms with Crippen LogP contribution in [0.15, 0.2) is 6.07 Å². The second-order valence-corrected chi connectivity index (χ2v) is 6.10. The molecule has 0 bridgehead atoms. The van der Waals surface area contributed by atoms with Gasteiger partial charge in [0.2, 0.25) is 11.9 Å². The van der Waals surface area contributed by atoms with Crippen LogP contribution in [0.1, 0.15) is 44.0 Å². The smallest absolute Gasteiger partial charge is 0.234 e. The Morgan fingerprint density at radius 2 is 1.90 bits per heavy atom. The molecule has 1 saturated carbocycles. The average molecular weight is 276 g/mol. The molecule has 1 heterocycles. The first-order chi connectivity index (χ1) is 9.45. The number of amides is 1. The third kappa shape index (κ3) is 3.15. The highest BCUT2D eigenvalue weighted by molar-refractivity contribution is 5.94. The fourth-order valence-electron chi connectivity index (χ4n) is 2.85. The van der Waals surface area contributed by atoms with Crippen molar-refractivity contribution in [3.63, 3.8) is 0 Å². The van der Waals surface area contributed by atoms with Gasteiger partial charge in [-0.3, -0.25) is 10.1 Å². The van der Waals surface area contributed by atoms with Crippen LogP contribution >= 0.6 is 0 Å². The SMILES string of the molecule is Cc1cc(C)nc(NC(=O)C2(CN)CCC(C)CC2)n1. The van der Waals surface area contributed by atoms with Gasteiger partial charge >= 0.3 is 0 Å². The first-order valence-corrected chi connectivity index (χ1v) is 7.29. The molecule has 1 amide bonds. The molecule has 0 spiro atoms. The Morgan fingerprint density at radius 3 is 2.40 bits per heavy atom. The maximum atomic E-state index is 12.6. The number of nitrogens with zero attached hydrogens (tertiary/aromatic N) is 2. The van der Waals surface area contributed by atoms with E-state index in [0.717, 1.165) is 37.1 Å². The fourth-order valence-corrected chi connectivity index (χ4v) is 2.85. The third-order valence-corrected chi connectivity index (χ3v) is 4.31. The van der Waals surface area contributed by atoms with Gasteiger partial charge in [0.1, 0.15) is 0 Å². The number of carbonyl (C=O) groups is 1. The number of nitrogens with one attached hydrogen (secondary N) is 1. The zero-order valence-electron chi connectivity index (χ0n) is 12.6. The molecule has 3 N–H and O–H groups in total. The maximum Gasteiger partial charge on any atom is 0.234 e. The number of aryl methyl sites for hydroxylation is 2. The zero-order valence-corrected chi connectivity index (χ0v) is 12.6. The summed E-state index contributed by atoms with van der Waals surface area (Å²) in [6.07, 6.45) is 3.80. The summed E-state index contributed by atoms with van der Waals surface area (Å²) in [4.78, 5) is 21.1.